The summed E-state index contributed by atoms with van der Waals surface area (Å²) in [4.78, 5) is 47.5. The average molecular weight is 384 g/mol. The molecule has 0 radical (unpaired) electrons. The van der Waals surface area contributed by atoms with Crippen molar-refractivity contribution < 1.29 is 38.1 Å². The number of rotatable bonds is 11. The Labute approximate surface area is 159 Å². The Hall–Kier alpha value is -2.48. The smallest absolute Gasteiger partial charge is 0.345 e. The first kappa shape index (κ1) is 24.5. The molecule has 0 aliphatic carbocycles. The molecule has 0 aromatic carbocycles. The molecule has 8 heteroatoms. The molecule has 0 unspecified atom stereocenters. The van der Waals surface area contributed by atoms with Gasteiger partial charge in [-0.3, -0.25) is 4.79 Å². The first-order valence-corrected chi connectivity index (χ1v) is 8.43. The molecule has 0 rings (SSSR count). The topological polar surface area (TPSA) is 105 Å². The summed E-state index contributed by atoms with van der Waals surface area (Å²) in [6.07, 6.45) is 0. The van der Waals surface area contributed by atoms with E-state index in [1.165, 1.54) is 27.7 Å². The Morgan fingerprint density at radius 3 is 1.67 bits per heavy atom. The Morgan fingerprint density at radius 1 is 0.778 bits per heavy atom. The van der Waals surface area contributed by atoms with Gasteiger partial charge in [0.1, 0.15) is 16.8 Å². The Morgan fingerprint density at radius 2 is 1.22 bits per heavy atom. The first-order valence-electron chi connectivity index (χ1n) is 8.43. The third-order valence-electron chi connectivity index (χ3n) is 3.26. The third kappa shape index (κ3) is 7.74. The van der Waals surface area contributed by atoms with Gasteiger partial charge in [-0.25, -0.2) is 14.4 Å². The molecule has 0 heterocycles. The van der Waals surface area contributed by atoms with Crippen molar-refractivity contribution in [3.8, 4) is 0 Å². The van der Waals surface area contributed by atoms with Gasteiger partial charge in [-0.05, 0) is 41.5 Å². The lowest BCUT2D eigenvalue weighted by molar-refractivity contribution is -0.167. The summed E-state index contributed by atoms with van der Waals surface area (Å²) < 4.78 is 20.2. The van der Waals surface area contributed by atoms with E-state index in [0.717, 1.165) is 0 Å². The SMILES string of the molecule is C=C(C(=O)OCC)C(=O)OC(C)(C)COC(C)(C)C(=O)C(=C)C(=O)OCC. The van der Waals surface area contributed by atoms with Gasteiger partial charge >= 0.3 is 17.9 Å². The van der Waals surface area contributed by atoms with Crippen molar-refractivity contribution >= 4 is 23.7 Å². The second-order valence-electron chi connectivity index (χ2n) is 6.68. The highest BCUT2D eigenvalue weighted by Crippen LogP contribution is 2.21. The van der Waals surface area contributed by atoms with Gasteiger partial charge in [0.2, 0.25) is 5.78 Å². The minimum atomic E-state index is -1.41. The van der Waals surface area contributed by atoms with E-state index in [-0.39, 0.29) is 25.4 Å². The minimum absolute atomic E-state index is 0.0955. The number of ether oxygens (including phenoxy) is 4. The van der Waals surface area contributed by atoms with E-state index >= 15 is 0 Å². The summed E-state index contributed by atoms with van der Waals surface area (Å²) in [7, 11) is 0. The zero-order chi connectivity index (χ0) is 21.4. The Kier molecular flexibility index (Phi) is 9.09. The fourth-order valence-electron chi connectivity index (χ4n) is 1.74. The second-order valence-corrected chi connectivity index (χ2v) is 6.68. The predicted molar refractivity (Wildman–Crippen MR) is 96.8 cm³/mol. The molecular weight excluding hydrogens is 356 g/mol. The van der Waals surface area contributed by atoms with Crippen LogP contribution in [0.3, 0.4) is 0 Å². The quantitative estimate of drug-likeness (QED) is 0.175. The van der Waals surface area contributed by atoms with E-state index < -0.39 is 40.5 Å². The van der Waals surface area contributed by atoms with E-state index in [9.17, 15) is 19.2 Å². The summed E-state index contributed by atoms with van der Waals surface area (Å²) in [6.45, 7) is 16.0. The molecule has 0 spiro atoms. The number of carbonyl (C=O) groups is 4. The number of ketones is 1. The van der Waals surface area contributed by atoms with Gasteiger partial charge in [0.25, 0.3) is 0 Å². The molecule has 27 heavy (non-hydrogen) atoms. The van der Waals surface area contributed by atoms with Gasteiger partial charge in [-0.2, -0.15) is 0 Å². The van der Waals surface area contributed by atoms with Gasteiger partial charge in [-0.15, -0.1) is 0 Å². The van der Waals surface area contributed by atoms with Crippen LogP contribution in [-0.2, 0) is 38.1 Å². The van der Waals surface area contributed by atoms with Crippen LogP contribution in [0.15, 0.2) is 24.3 Å². The lowest BCUT2D eigenvalue weighted by atomic mass is 9.97. The molecule has 0 atom stereocenters. The monoisotopic (exact) mass is 384 g/mol. The highest BCUT2D eigenvalue weighted by molar-refractivity contribution is 6.19. The van der Waals surface area contributed by atoms with Crippen molar-refractivity contribution in [1.82, 2.24) is 0 Å². The highest BCUT2D eigenvalue weighted by Gasteiger charge is 2.37. The molecule has 0 aromatic heterocycles. The van der Waals surface area contributed by atoms with Gasteiger partial charge in [0.15, 0.2) is 0 Å². The first-order chi connectivity index (χ1) is 12.3. The van der Waals surface area contributed by atoms with Crippen LogP contribution in [0, 0.1) is 0 Å². The van der Waals surface area contributed by atoms with Crippen LogP contribution in [0.2, 0.25) is 0 Å². The normalized spacial score (nSPS) is 11.3. The number of hydrogen-bond acceptors (Lipinski definition) is 8. The molecule has 0 aromatic rings. The maximum absolute atomic E-state index is 12.4. The van der Waals surface area contributed by atoms with Crippen LogP contribution in [0.1, 0.15) is 41.5 Å². The van der Waals surface area contributed by atoms with E-state index in [0.29, 0.717) is 0 Å². The average Bonchev–Trinajstić information content (AvgIpc) is 2.58. The van der Waals surface area contributed by atoms with Crippen molar-refractivity contribution in [1.29, 1.82) is 0 Å². The fourth-order valence-corrected chi connectivity index (χ4v) is 1.74. The van der Waals surface area contributed by atoms with E-state index in [1.54, 1.807) is 13.8 Å². The third-order valence-corrected chi connectivity index (χ3v) is 3.26. The van der Waals surface area contributed by atoms with Crippen molar-refractivity contribution in [3.05, 3.63) is 24.3 Å². The van der Waals surface area contributed by atoms with Crippen molar-refractivity contribution in [3.63, 3.8) is 0 Å². The maximum Gasteiger partial charge on any atom is 0.345 e. The molecule has 8 nitrogen and oxygen atoms in total. The van der Waals surface area contributed by atoms with E-state index in [1.807, 2.05) is 0 Å². The van der Waals surface area contributed by atoms with Crippen LogP contribution < -0.4 is 0 Å². The molecular formula is C19H28O8. The zero-order valence-electron chi connectivity index (χ0n) is 16.8. The minimum Gasteiger partial charge on any atom is -0.462 e. The lowest BCUT2D eigenvalue weighted by Gasteiger charge is -2.31. The van der Waals surface area contributed by atoms with Crippen LogP contribution in [-0.4, -0.2) is 54.7 Å². The summed E-state index contributed by atoms with van der Waals surface area (Å²) >= 11 is 0. The predicted octanol–water partition coefficient (Wildman–Crippen LogP) is 1.91. The molecule has 0 fully saturated rings. The Bertz CT molecular complexity index is 628. The van der Waals surface area contributed by atoms with Gasteiger partial charge < -0.3 is 18.9 Å². The van der Waals surface area contributed by atoms with Gasteiger partial charge in [0.05, 0.1) is 25.4 Å². The van der Waals surface area contributed by atoms with Crippen molar-refractivity contribution in [2.75, 3.05) is 19.8 Å². The molecule has 0 aliphatic heterocycles. The van der Waals surface area contributed by atoms with Crippen LogP contribution in [0.25, 0.3) is 0 Å². The Balaban J connectivity index is 4.90. The molecule has 152 valence electrons. The molecule has 0 aliphatic rings. The number of carbonyl (C=O) groups excluding carboxylic acids is 4. The molecule has 0 N–H and O–H groups in total. The number of Topliss-reactive ketones (excluding diaryl/α,β-unsaturated/α-hetero) is 1. The van der Waals surface area contributed by atoms with Crippen molar-refractivity contribution in [2.45, 2.75) is 52.7 Å². The second kappa shape index (κ2) is 10.0. The number of hydrogen-bond donors (Lipinski definition) is 0. The highest BCUT2D eigenvalue weighted by atomic mass is 16.6. The fraction of sp³-hybridized carbons (Fsp3) is 0.579. The van der Waals surface area contributed by atoms with E-state index in [2.05, 4.69) is 17.9 Å². The van der Waals surface area contributed by atoms with Crippen molar-refractivity contribution in [2.24, 2.45) is 0 Å². The summed E-state index contributed by atoms with van der Waals surface area (Å²) in [5, 5.41) is 0. The van der Waals surface area contributed by atoms with Crippen LogP contribution in [0.4, 0.5) is 0 Å². The lowest BCUT2D eigenvalue weighted by Crippen LogP contribution is -2.43. The summed E-state index contributed by atoms with van der Waals surface area (Å²) in [6, 6.07) is 0. The summed E-state index contributed by atoms with van der Waals surface area (Å²) in [5.41, 5.74) is -3.38. The van der Waals surface area contributed by atoms with Crippen LogP contribution in [0.5, 0.6) is 0 Å². The van der Waals surface area contributed by atoms with Crippen LogP contribution >= 0.6 is 0 Å². The van der Waals surface area contributed by atoms with Gasteiger partial charge in [-0.1, -0.05) is 13.2 Å². The molecule has 0 amide bonds. The number of esters is 3. The maximum atomic E-state index is 12.4. The van der Waals surface area contributed by atoms with E-state index in [4.69, 9.17) is 14.2 Å². The zero-order valence-corrected chi connectivity index (χ0v) is 16.8. The summed E-state index contributed by atoms with van der Waals surface area (Å²) in [5.74, 6) is -3.31. The largest absolute Gasteiger partial charge is 0.462 e. The standard InChI is InChI=1S/C19H28O8/c1-9-24-15(21)12(3)14(20)19(7,8)26-11-18(5,6)27-17(23)13(4)16(22)25-10-2/h3-4,9-11H2,1-2,5-8H3. The molecule has 0 saturated heterocycles. The van der Waals surface area contributed by atoms with Gasteiger partial charge in [0, 0.05) is 0 Å². The molecule has 0 bridgehead atoms. The molecule has 0 saturated carbocycles.